The topological polar surface area (TPSA) is 133 Å². The molecule has 0 atom stereocenters. The van der Waals surface area contributed by atoms with E-state index >= 15 is 0 Å². The predicted octanol–water partition coefficient (Wildman–Crippen LogP) is 1.30. The van der Waals surface area contributed by atoms with E-state index in [-0.39, 0.29) is 22.9 Å². The van der Waals surface area contributed by atoms with Crippen LogP contribution in [0, 0.1) is 0 Å². The van der Waals surface area contributed by atoms with Crippen LogP contribution < -0.4 is 10.3 Å². The number of H-pyrrole nitrogens is 1. The molecule has 0 amide bonds. The number of piperazine rings is 1. The zero-order valence-corrected chi connectivity index (χ0v) is 21.8. The maximum Gasteiger partial charge on any atom is 0.277 e. The molecule has 1 saturated heterocycles. The minimum atomic E-state index is -3.78. The number of nitrogens with one attached hydrogen (secondary N) is 1. The van der Waals surface area contributed by atoms with Gasteiger partial charge in [0.25, 0.3) is 5.56 Å². The van der Waals surface area contributed by atoms with Gasteiger partial charge in [-0.1, -0.05) is 13.8 Å². The van der Waals surface area contributed by atoms with Crippen LogP contribution in [0.2, 0.25) is 0 Å². The van der Waals surface area contributed by atoms with E-state index in [4.69, 9.17) is 9.84 Å². The number of ether oxygens (including phenoxy) is 1. The Balaban J connectivity index is 1.79. The maximum atomic E-state index is 13.5. The average Bonchev–Trinajstić information content (AvgIpc) is 3.23. The second kappa shape index (κ2) is 11.1. The lowest BCUT2D eigenvalue weighted by Gasteiger charge is -2.33. The lowest BCUT2D eigenvalue weighted by molar-refractivity contribution is 0.151. The third-order valence-corrected chi connectivity index (χ3v) is 8.24. The Hall–Kier alpha value is -2.80. The van der Waals surface area contributed by atoms with Gasteiger partial charge in [-0.25, -0.2) is 17.9 Å². The van der Waals surface area contributed by atoms with Gasteiger partial charge < -0.3 is 14.8 Å². The fraction of sp³-hybridized carbons (Fsp3) is 0.542. The SMILES string of the molecule is CCCc1nc(CC)c2c(=O)[nH]c(-c3cc(S(=O)(=O)N4CCN(CCO)CC4)ccc3OCC)nn12. The Morgan fingerprint density at radius 2 is 1.89 bits per heavy atom. The van der Waals surface area contributed by atoms with Crippen LogP contribution in [0.4, 0.5) is 0 Å². The molecule has 3 heterocycles. The number of benzene rings is 1. The molecule has 4 rings (SSSR count). The van der Waals surface area contributed by atoms with Gasteiger partial charge in [-0.3, -0.25) is 9.69 Å². The number of β-amino-alcohol motifs (C(OH)–C–C–N with tert-alkyl or cyclic N) is 1. The number of aromatic amines is 1. The zero-order valence-electron chi connectivity index (χ0n) is 21.0. The molecule has 196 valence electrons. The van der Waals surface area contributed by atoms with Gasteiger partial charge in [0.05, 0.1) is 29.4 Å². The van der Waals surface area contributed by atoms with Crippen LogP contribution >= 0.6 is 0 Å². The summed E-state index contributed by atoms with van der Waals surface area (Å²) in [5.41, 5.74) is 1.15. The molecule has 11 nitrogen and oxygen atoms in total. The molecule has 0 unspecified atom stereocenters. The molecule has 1 aromatic carbocycles. The predicted molar refractivity (Wildman–Crippen MR) is 136 cm³/mol. The minimum Gasteiger partial charge on any atom is -0.493 e. The molecule has 1 aliphatic heterocycles. The average molecular weight is 519 g/mol. The quantitative estimate of drug-likeness (QED) is 0.410. The number of aryl methyl sites for hydroxylation is 2. The highest BCUT2D eigenvalue weighted by molar-refractivity contribution is 7.89. The summed E-state index contributed by atoms with van der Waals surface area (Å²) in [6.07, 6.45) is 2.10. The van der Waals surface area contributed by atoms with Crippen molar-refractivity contribution >= 4 is 15.5 Å². The maximum absolute atomic E-state index is 13.5. The first-order valence-corrected chi connectivity index (χ1v) is 13.9. The van der Waals surface area contributed by atoms with Crippen molar-refractivity contribution in [1.82, 2.24) is 28.8 Å². The standard InChI is InChI=1S/C24H34N6O5S/c1-4-7-21-25-19(5-2)22-24(32)26-23(27-30(21)22)18-16-17(8-9-20(18)35-6-3)36(33,34)29-12-10-28(11-13-29)14-15-31/h8-9,16,31H,4-7,10-15H2,1-3H3,(H,26,27,32). The fourth-order valence-electron chi connectivity index (χ4n) is 4.51. The zero-order chi connectivity index (χ0) is 25.9. The number of fused-ring (bicyclic) bond motifs is 1. The molecule has 0 spiro atoms. The van der Waals surface area contributed by atoms with Crippen LogP contribution in [-0.2, 0) is 22.9 Å². The van der Waals surface area contributed by atoms with Gasteiger partial charge in [0.15, 0.2) is 11.3 Å². The van der Waals surface area contributed by atoms with Gasteiger partial charge in [0.1, 0.15) is 11.6 Å². The van der Waals surface area contributed by atoms with Crippen molar-refractivity contribution in [1.29, 1.82) is 0 Å². The van der Waals surface area contributed by atoms with Gasteiger partial charge >= 0.3 is 0 Å². The number of aromatic nitrogens is 4. The van der Waals surface area contributed by atoms with E-state index in [1.807, 2.05) is 25.7 Å². The second-order valence-electron chi connectivity index (χ2n) is 8.70. The van der Waals surface area contributed by atoms with Crippen LogP contribution in [0.25, 0.3) is 16.9 Å². The van der Waals surface area contributed by atoms with Crippen LogP contribution in [0.15, 0.2) is 27.9 Å². The first-order chi connectivity index (χ1) is 17.3. The molecule has 0 radical (unpaired) electrons. The molecule has 3 aromatic rings. The summed E-state index contributed by atoms with van der Waals surface area (Å²) in [5, 5.41) is 13.8. The number of hydrogen-bond donors (Lipinski definition) is 2. The number of sulfonamides is 1. The summed E-state index contributed by atoms with van der Waals surface area (Å²) in [6, 6.07) is 4.65. The Kier molecular flexibility index (Phi) is 8.08. The summed E-state index contributed by atoms with van der Waals surface area (Å²) < 4.78 is 35.7. The van der Waals surface area contributed by atoms with Crippen molar-refractivity contribution in [2.24, 2.45) is 0 Å². The van der Waals surface area contributed by atoms with Crippen molar-refractivity contribution in [2.75, 3.05) is 45.9 Å². The van der Waals surface area contributed by atoms with E-state index < -0.39 is 10.0 Å². The van der Waals surface area contributed by atoms with Crippen LogP contribution in [0.5, 0.6) is 5.75 Å². The van der Waals surface area contributed by atoms with Crippen molar-refractivity contribution in [3.63, 3.8) is 0 Å². The number of aliphatic hydroxyl groups excluding tert-OH is 1. The summed E-state index contributed by atoms with van der Waals surface area (Å²) in [6.45, 7) is 8.51. The lowest BCUT2D eigenvalue weighted by Crippen LogP contribution is -2.49. The third kappa shape index (κ3) is 5.03. The van der Waals surface area contributed by atoms with Crippen molar-refractivity contribution in [3.8, 4) is 17.1 Å². The van der Waals surface area contributed by atoms with Gasteiger partial charge in [0.2, 0.25) is 10.0 Å². The van der Waals surface area contributed by atoms with Gasteiger partial charge in [-0.05, 0) is 38.0 Å². The molecule has 0 saturated carbocycles. The Morgan fingerprint density at radius 3 is 2.53 bits per heavy atom. The first kappa shape index (κ1) is 26.3. The summed E-state index contributed by atoms with van der Waals surface area (Å²) in [4.78, 5) is 22.7. The summed E-state index contributed by atoms with van der Waals surface area (Å²) >= 11 is 0. The number of rotatable bonds is 10. The van der Waals surface area contributed by atoms with E-state index in [1.54, 1.807) is 10.6 Å². The lowest BCUT2D eigenvalue weighted by atomic mass is 10.2. The fourth-order valence-corrected chi connectivity index (χ4v) is 5.96. The summed E-state index contributed by atoms with van der Waals surface area (Å²) in [5.74, 6) is 1.34. The molecule has 1 fully saturated rings. The van der Waals surface area contributed by atoms with E-state index in [0.29, 0.717) is 80.5 Å². The molecule has 1 aliphatic rings. The van der Waals surface area contributed by atoms with Gasteiger partial charge in [0, 0.05) is 39.1 Å². The number of hydrogen-bond acceptors (Lipinski definition) is 8. The second-order valence-corrected chi connectivity index (χ2v) is 10.6. The molecule has 2 N–H and O–H groups in total. The first-order valence-electron chi connectivity index (χ1n) is 12.4. The van der Waals surface area contributed by atoms with E-state index in [1.165, 1.54) is 16.4 Å². The Labute approximate surface area is 210 Å². The highest BCUT2D eigenvalue weighted by Crippen LogP contribution is 2.31. The Morgan fingerprint density at radius 1 is 1.14 bits per heavy atom. The summed E-state index contributed by atoms with van der Waals surface area (Å²) in [7, 11) is -3.78. The highest BCUT2D eigenvalue weighted by atomic mass is 32.2. The van der Waals surface area contributed by atoms with E-state index in [0.717, 1.165) is 6.42 Å². The molecule has 36 heavy (non-hydrogen) atoms. The smallest absolute Gasteiger partial charge is 0.277 e. The van der Waals surface area contributed by atoms with Crippen LogP contribution in [-0.4, -0.2) is 88.2 Å². The van der Waals surface area contributed by atoms with E-state index in [9.17, 15) is 13.2 Å². The van der Waals surface area contributed by atoms with Gasteiger partial charge in [-0.2, -0.15) is 4.31 Å². The van der Waals surface area contributed by atoms with E-state index in [2.05, 4.69) is 15.1 Å². The molecule has 0 aliphatic carbocycles. The van der Waals surface area contributed by atoms with Crippen LogP contribution in [0.1, 0.15) is 38.7 Å². The third-order valence-electron chi connectivity index (χ3n) is 6.34. The molecular formula is C24H34N6O5S. The molecule has 0 bridgehead atoms. The van der Waals surface area contributed by atoms with Crippen molar-refractivity contribution < 1.29 is 18.3 Å². The van der Waals surface area contributed by atoms with Crippen molar-refractivity contribution in [3.05, 3.63) is 40.1 Å². The van der Waals surface area contributed by atoms with Gasteiger partial charge in [-0.15, -0.1) is 5.10 Å². The Bertz CT molecular complexity index is 1380. The molecule has 2 aromatic heterocycles. The monoisotopic (exact) mass is 518 g/mol. The molecular weight excluding hydrogens is 484 g/mol. The minimum absolute atomic E-state index is 0.0428. The normalized spacial score (nSPS) is 15.6. The largest absolute Gasteiger partial charge is 0.493 e. The highest BCUT2D eigenvalue weighted by Gasteiger charge is 2.29. The molecule has 12 heteroatoms. The number of nitrogens with zero attached hydrogens (tertiary/aromatic N) is 5. The van der Waals surface area contributed by atoms with Crippen molar-refractivity contribution in [2.45, 2.75) is 44.9 Å². The number of aliphatic hydroxyl groups is 1. The van der Waals surface area contributed by atoms with Crippen LogP contribution in [0.3, 0.4) is 0 Å². The number of imidazole rings is 1.